The van der Waals surface area contributed by atoms with Gasteiger partial charge in [-0.15, -0.1) is 0 Å². The maximum Gasteiger partial charge on any atom is 0.256 e. The van der Waals surface area contributed by atoms with Crippen LogP contribution >= 0.6 is 0 Å². The predicted molar refractivity (Wildman–Crippen MR) is 279 cm³/mol. The molecule has 10 rings (SSSR count). The van der Waals surface area contributed by atoms with Crippen molar-refractivity contribution < 1.29 is 4.74 Å². The number of benzene rings is 7. The van der Waals surface area contributed by atoms with Crippen molar-refractivity contribution in [3.8, 4) is 22.6 Å². The molecule has 3 nitrogen and oxygen atoms in total. The molecule has 65 heavy (non-hydrogen) atoms. The number of hydrogen-bond donors (Lipinski definition) is 0. The second-order valence-electron chi connectivity index (χ2n) is 23.5. The molecule has 0 bridgehead atoms. The first-order chi connectivity index (χ1) is 30.5. The van der Waals surface area contributed by atoms with Crippen molar-refractivity contribution in [2.45, 2.75) is 124 Å². The second-order valence-corrected chi connectivity index (χ2v) is 23.5. The topological polar surface area (TPSA) is 15.7 Å². The molecule has 0 saturated carbocycles. The van der Waals surface area contributed by atoms with E-state index in [2.05, 4.69) is 246 Å². The smallest absolute Gasteiger partial charge is 0.256 e. The summed E-state index contributed by atoms with van der Waals surface area (Å²) < 4.78 is 7.64. The molecule has 328 valence electrons. The lowest BCUT2D eigenvalue weighted by atomic mass is 9.33. The third kappa shape index (κ3) is 6.93. The Morgan fingerprint density at radius 1 is 0.492 bits per heavy atom. The first-order valence-corrected chi connectivity index (χ1v) is 23.7. The highest BCUT2D eigenvalue weighted by molar-refractivity contribution is 6.99. The zero-order chi connectivity index (χ0) is 46.2. The molecule has 0 aromatic heterocycles. The van der Waals surface area contributed by atoms with Crippen molar-refractivity contribution in [3.63, 3.8) is 0 Å². The van der Waals surface area contributed by atoms with Crippen LogP contribution < -0.4 is 30.9 Å². The van der Waals surface area contributed by atoms with E-state index < -0.39 is 0 Å². The Kier molecular flexibility index (Phi) is 9.58. The van der Waals surface area contributed by atoms with Crippen molar-refractivity contribution in [2.75, 3.05) is 9.80 Å². The van der Waals surface area contributed by atoms with E-state index in [-0.39, 0.29) is 33.8 Å². The van der Waals surface area contributed by atoms with Gasteiger partial charge in [-0.2, -0.15) is 0 Å². The molecule has 7 aromatic carbocycles. The van der Waals surface area contributed by atoms with Crippen molar-refractivity contribution in [1.29, 1.82) is 0 Å². The monoisotopic (exact) mass is 853 g/mol. The minimum Gasteiger partial charge on any atom is -0.456 e. The Morgan fingerprint density at radius 2 is 1.02 bits per heavy atom. The molecule has 0 N–H and O–H groups in total. The van der Waals surface area contributed by atoms with Crippen molar-refractivity contribution in [1.82, 2.24) is 0 Å². The zero-order valence-electron chi connectivity index (χ0n) is 41.2. The summed E-state index contributed by atoms with van der Waals surface area (Å²) in [4.78, 5) is 4.99. The number of fused-ring (bicyclic) bond motifs is 7. The van der Waals surface area contributed by atoms with E-state index in [4.69, 9.17) is 4.74 Å². The third-order valence-electron chi connectivity index (χ3n) is 14.5. The van der Waals surface area contributed by atoms with Crippen LogP contribution in [0.25, 0.3) is 11.1 Å². The lowest BCUT2D eigenvalue weighted by Gasteiger charge is -2.42. The van der Waals surface area contributed by atoms with Gasteiger partial charge in [0.1, 0.15) is 11.5 Å². The highest BCUT2D eigenvalue weighted by atomic mass is 16.5. The fraction of sp³-hybridized carbons (Fsp3) is 0.311. The molecule has 4 heteroatoms. The van der Waals surface area contributed by atoms with Gasteiger partial charge in [0.25, 0.3) is 6.71 Å². The molecule has 0 fully saturated rings. The number of rotatable bonds is 4. The van der Waals surface area contributed by atoms with Gasteiger partial charge in [-0.3, -0.25) is 0 Å². The van der Waals surface area contributed by atoms with Gasteiger partial charge in [0.05, 0.1) is 5.69 Å². The summed E-state index contributed by atoms with van der Waals surface area (Å²) in [7, 11) is 0. The number of nitrogens with zero attached hydrogens (tertiary/aromatic N) is 2. The van der Waals surface area contributed by atoms with Gasteiger partial charge in [-0.05, 0) is 137 Å². The van der Waals surface area contributed by atoms with Gasteiger partial charge < -0.3 is 14.5 Å². The fourth-order valence-electron chi connectivity index (χ4n) is 10.7. The molecule has 0 spiro atoms. The molecule has 0 unspecified atom stereocenters. The van der Waals surface area contributed by atoms with Crippen molar-refractivity contribution in [2.24, 2.45) is 0 Å². The second kappa shape index (κ2) is 14.5. The van der Waals surface area contributed by atoms with Crippen LogP contribution in [-0.2, 0) is 27.1 Å². The van der Waals surface area contributed by atoms with E-state index in [1.54, 1.807) is 0 Å². The molecule has 0 saturated heterocycles. The summed E-state index contributed by atoms with van der Waals surface area (Å²) in [5, 5.41) is 0. The highest BCUT2D eigenvalue weighted by Crippen LogP contribution is 2.58. The van der Waals surface area contributed by atoms with Crippen LogP contribution in [0.2, 0.25) is 0 Å². The Labute approximate surface area is 389 Å². The molecule has 2 aliphatic heterocycles. The van der Waals surface area contributed by atoms with E-state index in [0.29, 0.717) is 0 Å². The molecule has 0 atom stereocenters. The number of ether oxygens (including phenoxy) is 1. The molecule has 0 amide bonds. The predicted octanol–water partition coefficient (Wildman–Crippen LogP) is 15.1. The van der Waals surface area contributed by atoms with Gasteiger partial charge >= 0.3 is 0 Å². The van der Waals surface area contributed by atoms with E-state index in [9.17, 15) is 0 Å². The summed E-state index contributed by atoms with van der Waals surface area (Å²) in [6.45, 7) is 32.3. The van der Waals surface area contributed by atoms with Gasteiger partial charge in [-0.25, -0.2) is 0 Å². The largest absolute Gasteiger partial charge is 0.456 e. The number of anilines is 6. The van der Waals surface area contributed by atoms with Crippen molar-refractivity contribution in [3.05, 3.63) is 173 Å². The van der Waals surface area contributed by atoms with Crippen LogP contribution in [0.15, 0.2) is 140 Å². The van der Waals surface area contributed by atoms with Crippen LogP contribution in [0.4, 0.5) is 34.1 Å². The molecule has 0 radical (unpaired) electrons. The Balaban J connectivity index is 1.30. The summed E-state index contributed by atoms with van der Waals surface area (Å²) in [5.74, 6) is 1.83. The van der Waals surface area contributed by atoms with Crippen molar-refractivity contribution >= 4 is 57.2 Å². The zero-order valence-corrected chi connectivity index (χ0v) is 41.2. The van der Waals surface area contributed by atoms with Gasteiger partial charge in [0.15, 0.2) is 0 Å². The Hall–Kier alpha value is -6.00. The minimum absolute atomic E-state index is 0.0157. The first-order valence-electron chi connectivity index (χ1n) is 23.7. The summed E-state index contributed by atoms with van der Waals surface area (Å²) >= 11 is 0. The molecular weight excluding hydrogens is 787 g/mol. The average molecular weight is 853 g/mol. The lowest BCUT2D eigenvalue weighted by Crippen LogP contribution is -2.60. The van der Waals surface area contributed by atoms with Gasteiger partial charge in [0, 0.05) is 33.9 Å². The van der Waals surface area contributed by atoms with Crippen LogP contribution in [0.3, 0.4) is 0 Å². The van der Waals surface area contributed by atoms with E-state index in [0.717, 1.165) is 39.9 Å². The molecule has 1 aliphatic carbocycles. The maximum atomic E-state index is 7.64. The van der Waals surface area contributed by atoms with Crippen LogP contribution in [0.1, 0.15) is 130 Å². The van der Waals surface area contributed by atoms with Gasteiger partial charge in [0.2, 0.25) is 0 Å². The summed E-state index contributed by atoms with van der Waals surface area (Å²) in [6.07, 6.45) is 0. The van der Waals surface area contributed by atoms with Crippen LogP contribution in [0.5, 0.6) is 11.5 Å². The average Bonchev–Trinajstić information content (AvgIpc) is 3.48. The third-order valence-corrected chi connectivity index (χ3v) is 14.5. The molecule has 3 aliphatic rings. The summed E-state index contributed by atoms with van der Waals surface area (Å²) in [5.41, 5.74) is 20.7. The standard InChI is InChI=1S/C61H65BN2O/c1-57(2,3)38-22-29-42(30-23-38)63(43-31-24-39(25-32-43)58(4,5)6)55-53-46(45-18-15-16-19-47(45)61(53,13)14)37-49-56(55)65-52-21-17-20-51-54(52)62(49)48-36-41(60(10,11)12)28-35-50(48)64(51)44-33-26-40(27-34-44)59(7,8)9/h15-37H,1-14H3. The van der Waals surface area contributed by atoms with E-state index in [1.165, 1.54) is 66.6 Å². The highest BCUT2D eigenvalue weighted by Gasteiger charge is 2.48. The SMILES string of the molecule is CC(C)(C)c1ccc(N2c3ccc(C(C)(C)C)cc3B3c4cc5c(c(N(c6ccc(C(C)(C)C)cc6)c6ccc(C(C)(C)C)cc6)c4Oc4cccc2c43)C(C)(C)c2ccccc2-5)cc1. The van der Waals surface area contributed by atoms with Crippen LogP contribution in [-0.4, -0.2) is 6.71 Å². The molecular formula is C61H65BN2O. The maximum absolute atomic E-state index is 7.64. The molecule has 2 heterocycles. The van der Waals surface area contributed by atoms with Gasteiger partial charge in [-0.1, -0.05) is 182 Å². The first kappa shape index (κ1) is 42.9. The Bertz CT molecular complexity index is 2940. The lowest BCUT2D eigenvalue weighted by molar-refractivity contribution is 0.486. The van der Waals surface area contributed by atoms with E-state index in [1.807, 2.05) is 0 Å². The molecule has 7 aromatic rings. The quantitative estimate of drug-likeness (QED) is 0.164. The number of hydrogen-bond acceptors (Lipinski definition) is 3. The Morgan fingerprint density at radius 3 is 1.57 bits per heavy atom. The summed E-state index contributed by atoms with van der Waals surface area (Å²) in [6, 6.07) is 53.3. The fourth-order valence-corrected chi connectivity index (χ4v) is 10.7. The van der Waals surface area contributed by atoms with Crippen LogP contribution in [0, 0.1) is 0 Å². The normalized spacial score (nSPS) is 14.8. The van der Waals surface area contributed by atoms with E-state index >= 15 is 0 Å². The minimum atomic E-state index is -0.323.